The third-order valence-corrected chi connectivity index (χ3v) is 4.43. The molecular weight excluding hydrogens is 340 g/mol. The van der Waals surface area contributed by atoms with Crippen molar-refractivity contribution in [3.8, 4) is 0 Å². The zero-order chi connectivity index (χ0) is 18.7. The standard InChI is InChI=1S/C18H20N2O6/c1-2-25-18(24)12-6-5-9-19(10-12)11-15(21)26-20-16(22)13-7-3-4-8-14(13)17(20)23/h3-4,7-8,12H,2,5-6,9-11H2,1H3. The Hall–Kier alpha value is -2.74. The average Bonchev–Trinajstić information content (AvgIpc) is 2.87. The van der Waals surface area contributed by atoms with E-state index in [2.05, 4.69) is 0 Å². The third-order valence-electron chi connectivity index (χ3n) is 4.43. The molecule has 1 aromatic rings. The Morgan fingerprint density at radius 3 is 2.42 bits per heavy atom. The minimum absolute atomic E-state index is 0.108. The van der Waals surface area contributed by atoms with Crippen LogP contribution < -0.4 is 0 Å². The minimum Gasteiger partial charge on any atom is -0.466 e. The van der Waals surface area contributed by atoms with Crippen LogP contribution in [0.25, 0.3) is 0 Å². The number of carbonyl (C=O) groups excluding carboxylic acids is 4. The Balaban J connectivity index is 1.57. The summed E-state index contributed by atoms with van der Waals surface area (Å²) >= 11 is 0. The van der Waals surface area contributed by atoms with E-state index < -0.39 is 17.8 Å². The Labute approximate surface area is 150 Å². The second kappa shape index (κ2) is 7.65. The molecule has 138 valence electrons. The normalized spacial score (nSPS) is 20.0. The van der Waals surface area contributed by atoms with Crippen molar-refractivity contribution in [2.45, 2.75) is 19.8 Å². The fraction of sp³-hybridized carbons (Fsp3) is 0.444. The van der Waals surface area contributed by atoms with Gasteiger partial charge in [-0.25, -0.2) is 4.79 Å². The molecule has 2 heterocycles. The van der Waals surface area contributed by atoms with E-state index in [1.54, 1.807) is 24.0 Å². The van der Waals surface area contributed by atoms with E-state index in [0.29, 0.717) is 31.2 Å². The van der Waals surface area contributed by atoms with Crippen molar-refractivity contribution in [2.24, 2.45) is 5.92 Å². The maximum absolute atomic E-state index is 12.2. The van der Waals surface area contributed by atoms with Crippen LogP contribution in [0.5, 0.6) is 0 Å². The van der Waals surface area contributed by atoms with Gasteiger partial charge in [0.15, 0.2) is 0 Å². The largest absolute Gasteiger partial charge is 0.466 e. The summed E-state index contributed by atoms with van der Waals surface area (Å²) in [6.45, 7) is 2.97. The lowest BCUT2D eigenvalue weighted by Crippen LogP contribution is -2.44. The Bertz CT molecular complexity index is 712. The first-order valence-electron chi connectivity index (χ1n) is 8.59. The lowest BCUT2D eigenvalue weighted by Gasteiger charge is -2.30. The predicted octanol–water partition coefficient (Wildman–Crippen LogP) is 1.02. The molecule has 0 N–H and O–H groups in total. The Morgan fingerprint density at radius 1 is 1.15 bits per heavy atom. The number of likely N-dealkylation sites (tertiary alicyclic amines) is 1. The van der Waals surface area contributed by atoms with Crippen molar-refractivity contribution in [1.29, 1.82) is 0 Å². The number of imide groups is 1. The highest BCUT2D eigenvalue weighted by molar-refractivity contribution is 6.20. The molecule has 8 heteroatoms. The van der Waals surface area contributed by atoms with E-state index in [0.717, 1.165) is 6.42 Å². The van der Waals surface area contributed by atoms with Gasteiger partial charge < -0.3 is 9.57 Å². The molecule has 0 aromatic heterocycles. The van der Waals surface area contributed by atoms with Gasteiger partial charge in [-0.3, -0.25) is 19.3 Å². The van der Waals surface area contributed by atoms with Crippen LogP contribution in [-0.2, 0) is 19.2 Å². The third kappa shape index (κ3) is 3.60. The van der Waals surface area contributed by atoms with E-state index in [9.17, 15) is 19.2 Å². The number of fused-ring (bicyclic) bond motifs is 1. The highest BCUT2D eigenvalue weighted by Gasteiger charge is 2.39. The van der Waals surface area contributed by atoms with Gasteiger partial charge >= 0.3 is 11.9 Å². The summed E-state index contributed by atoms with van der Waals surface area (Å²) in [5.74, 6) is -2.57. The molecule has 1 saturated heterocycles. The zero-order valence-corrected chi connectivity index (χ0v) is 14.5. The summed E-state index contributed by atoms with van der Waals surface area (Å²) in [5.41, 5.74) is 0.427. The second-order valence-corrected chi connectivity index (χ2v) is 6.24. The molecule has 0 aliphatic carbocycles. The van der Waals surface area contributed by atoms with Gasteiger partial charge in [0.2, 0.25) is 0 Å². The summed E-state index contributed by atoms with van der Waals surface area (Å²) in [6, 6.07) is 6.30. The number of piperidine rings is 1. The number of nitrogens with zero attached hydrogens (tertiary/aromatic N) is 2. The van der Waals surface area contributed by atoms with Crippen molar-refractivity contribution in [2.75, 3.05) is 26.2 Å². The zero-order valence-electron chi connectivity index (χ0n) is 14.5. The Kier molecular flexibility index (Phi) is 5.32. The van der Waals surface area contributed by atoms with Gasteiger partial charge in [-0.05, 0) is 38.4 Å². The van der Waals surface area contributed by atoms with Gasteiger partial charge in [-0.15, -0.1) is 0 Å². The molecule has 3 rings (SSSR count). The SMILES string of the molecule is CCOC(=O)C1CCCN(CC(=O)ON2C(=O)c3ccccc3C2=O)C1. The molecule has 8 nitrogen and oxygen atoms in total. The van der Waals surface area contributed by atoms with Gasteiger partial charge in [-0.1, -0.05) is 17.2 Å². The van der Waals surface area contributed by atoms with Crippen LogP contribution >= 0.6 is 0 Å². The lowest BCUT2D eigenvalue weighted by molar-refractivity contribution is -0.170. The molecule has 0 saturated carbocycles. The number of hydroxylamine groups is 2. The Morgan fingerprint density at radius 2 is 1.81 bits per heavy atom. The van der Waals surface area contributed by atoms with Crippen molar-refractivity contribution < 1.29 is 28.8 Å². The molecule has 2 aliphatic heterocycles. The number of hydrogen-bond acceptors (Lipinski definition) is 7. The number of rotatable bonds is 5. The first-order chi connectivity index (χ1) is 12.5. The number of amides is 2. The summed E-state index contributed by atoms with van der Waals surface area (Å²) < 4.78 is 5.03. The van der Waals surface area contributed by atoms with Crippen LogP contribution in [-0.4, -0.2) is 60.0 Å². The minimum atomic E-state index is -0.719. The molecule has 0 bridgehead atoms. The molecule has 26 heavy (non-hydrogen) atoms. The molecule has 1 atom stereocenters. The molecule has 1 fully saturated rings. The first-order valence-corrected chi connectivity index (χ1v) is 8.59. The van der Waals surface area contributed by atoms with Crippen molar-refractivity contribution in [3.63, 3.8) is 0 Å². The van der Waals surface area contributed by atoms with E-state index in [4.69, 9.17) is 9.57 Å². The van der Waals surface area contributed by atoms with E-state index in [1.807, 2.05) is 0 Å². The molecule has 0 spiro atoms. The molecule has 1 unspecified atom stereocenters. The van der Waals surface area contributed by atoms with Crippen LogP contribution in [0.4, 0.5) is 0 Å². The van der Waals surface area contributed by atoms with Crippen LogP contribution in [0.3, 0.4) is 0 Å². The number of carbonyl (C=O) groups is 4. The average molecular weight is 360 g/mol. The van der Waals surface area contributed by atoms with Gasteiger partial charge in [-0.2, -0.15) is 0 Å². The van der Waals surface area contributed by atoms with Crippen LogP contribution in [0.15, 0.2) is 24.3 Å². The number of hydrogen-bond donors (Lipinski definition) is 0. The predicted molar refractivity (Wildman–Crippen MR) is 88.8 cm³/mol. The molecule has 2 amide bonds. The van der Waals surface area contributed by atoms with Gasteiger partial charge in [0.25, 0.3) is 11.8 Å². The molecule has 2 aliphatic rings. The van der Waals surface area contributed by atoms with E-state index in [-0.39, 0.29) is 29.6 Å². The van der Waals surface area contributed by atoms with E-state index >= 15 is 0 Å². The van der Waals surface area contributed by atoms with Gasteiger partial charge in [0.05, 0.1) is 30.2 Å². The van der Waals surface area contributed by atoms with Crippen molar-refractivity contribution >= 4 is 23.8 Å². The number of esters is 1. The smallest absolute Gasteiger partial charge is 0.347 e. The van der Waals surface area contributed by atoms with Gasteiger partial charge in [0, 0.05) is 6.54 Å². The van der Waals surface area contributed by atoms with Crippen molar-refractivity contribution in [3.05, 3.63) is 35.4 Å². The molecular formula is C18H20N2O6. The highest BCUT2D eigenvalue weighted by atomic mass is 16.7. The maximum atomic E-state index is 12.2. The quantitative estimate of drug-likeness (QED) is 0.571. The van der Waals surface area contributed by atoms with Crippen LogP contribution in [0.1, 0.15) is 40.5 Å². The summed E-state index contributed by atoms with van der Waals surface area (Å²) in [5, 5.41) is 0.500. The molecule has 1 aromatic carbocycles. The fourth-order valence-corrected chi connectivity index (χ4v) is 3.21. The maximum Gasteiger partial charge on any atom is 0.347 e. The van der Waals surface area contributed by atoms with E-state index in [1.165, 1.54) is 12.1 Å². The lowest BCUT2D eigenvalue weighted by atomic mass is 9.98. The van der Waals surface area contributed by atoms with Crippen molar-refractivity contribution in [1.82, 2.24) is 9.96 Å². The first kappa shape index (κ1) is 18.1. The van der Waals surface area contributed by atoms with Crippen LogP contribution in [0, 0.1) is 5.92 Å². The molecule has 0 radical (unpaired) electrons. The fourth-order valence-electron chi connectivity index (χ4n) is 3.21. The number of ether oxygens (including phenoxy) is 1. The number of benzene rings is 1. The monoisotopic (exact) mass is 360 g/mol. The summed E-state index contributed by atoms with van der Waals surface area (Å²) in [6.07, 6.45) is 1.46. The summed E-state index contributed by atoms with van der Waals surface area (Å²) in [7, 11) is 0. The van der Waals surface area contributed by atoms with Crippen LogP contribution in [0.2, 0.25) is 0 Å². The summed E-state index contributed by atoms with van der Waals surface area (Å²) in [4.78, 5) is 55.2. The highest BCUT2D eigenvalue weighted by Crippen LogP contribution is 2.23. The topological polar surface area (TPSA) is 93.2 Å². The van der Waals surface area contributed by atoms with Gasteiger partial charge in [0.1, 0.15) is 0 Å². The second-order valence-electron chi connectivity index (χ2n) is 6.24.